The van der Waals surface area contributed by atoms with Gasteiger partial charge in [0.15, 0.2) is 5.69 Å². The number of hydrogen-bond donors (Lipinski definition) is 2. The first-order chi connectivity index (χ1) is 9.88. The molecule has 0 amide bonds. The van der Waals surface area contributed by atoms with E-state index in [4.69, 9.17) is 9.47 Å². The number of ether oxygens (including phenoxy) is 2. The average molecular weight is 306 g/mol. The third kappa shape index (κ3) is 3.73. The Kier molecular flexibility index (Phi) is 4.52. The number of hydrogen-bond acceptors (Lipinski definition) is 6. The third-order valence-electron chi connectivity index (χ3n) is 3.33. The van der Waals surface area contributed by atoms with Gasteiger partial charge in [0.1, 0.15) is 11.4 Å². The van der Waals surface area contributed by atoms with Crippen LogP contribution in [0.25, 0.3) is 0 Å². The van der Waals surface area contributed by atoms with Crippen LogP contribution in [0.2, 0.25) is 0 Å². The highest BCUT2D eigenvalue weighted by atomic mass is 19.4. The molecule has 0 saturated carbocycles. The first-order valence-electron chi connectivity index (χ1n) is 6.39. The van der Waals surface area contributed by atoms with Crippen molar-refractivity contribution in [3.63, 3.8) is 0 Å². The zero-order valence-corrected chi connectivity index (χ0v) is 11.8. The number of rotatable bonds is 5. The molecule has 9 heteroatoms. The van der Waals surface area contributed by atoms with E-state index in [1.54, 1.807) is 7.11 Å². The lowest BCUT2D eigenvalue weighted by Gasteiger charge is -2.26. The van der Waals surface area contributed by atoms with Crippen LogP contribution in [0.1, 0.15) is 12.1 Å². The minimum absolute atomic E-state index is 0.0880. The summed E-state index contributed by atoms with van der Waals surface area (Å²) >= 11 is 0. The Morgan fingerprint density at radius 3 is 2.71 bits per heavy atom. The smallest absolute Gasteiger partial charge is 0.378 e. The van der Waals surface area contributed by atoms with Crippen LogP contribution in [0.4, 0.5) is 24.9 Å². The Bertz CT molecular complexity index is 490. The van der Waals surface area contributed by atoms with Gasteiger partial charge in [-0.25, -0.2) is 4.98 Å². The van der Waals surface area contributed by atoms with Gasteiger partial charge in [-0.1, -0.05) is 0 Å². The number of nitrogens with one attached hydrogen (secondary N) is 2. The highest BCUT2D eigenvalue weighted by Crippen LogP contribution is 2.30. The van der Waals surface area contributed by atoms with Gasteiger partial charge in [-0.15, -0.1) is 0 Å². The van der Waals surface area contributed by atoms with Crippen molar-refractivity contribution in [3.8, 4) is 0 Å². The van der Waals surface area contributed by atoms with Crippen molar-refractivity contribution in [2.75, 3.05) is 44.5 Å². The maximum atomic E-state index is 12.8. The first-order valence-corrected chi connectivity index (χ1v) is 6.39. The summed E-state index contributed by atoms with van der Waals surface area (Å²) in [5, 5.41) is 5.38. The van der Waals surface area contributed by atoms with Crippen LogP contribution < -0.4 is 10.6 Å². The average Bonchev–Trinajstić information content (AvgIpc) is 2.93. The fraction of sp³-hybridized carbons (Fsp3) is 0.667. The molecule has 2 heterocycles. The van der Waals surface area contributed by atoms with Crippen LogP contribution in [0.15, 0.2) is 6.07 Å². The number of anilines is 2. The van der Waals surface area contributed by atoms with E-state index >= 15 is 0 Å². The lowest BCUT2D eigenvalue weighted by Crippen LogP contribution is -2.39. The summed E-state index contributed by atoms with van der Waals surface area (Å²) in [7, 11) is 3.01. The summed E-state index contributed by atoms with van der Waals surface area (Å²) in [6.07, 6.45) is -3.85. The molecule has 2 rings (SSSR count). The minimum Gasteiger partial charge on any atom is -0.378 e. The monoisotopic (exact) mass is 306 g/mol. The molecule has 1 aliphatic rings. The van der Waals surface area contributed by atoms with Gasteiger partial charge in [0.2, 0.25) is 5.95 Å². The molecule has 1 aliphatic heterocycles. The predicted octanol–water partition coefficient (Wildman–Crippen LogP) is 1.75. The summed E-state index contributed by atoms with van der Waals surface area (Å²) in [5.74, 6) is -0.00790. The maximum Gasteiger partial charge on any atom is 0.433 e. The van der Waals surface area contributed by atoms with Gasteiger partial charge < -0.3 is 20.1 Å². The van der Waals surface area contributed by atoms with Crippen LogP contribution in [-0.2, 0) is 15.7 Å². The molecule has 2 N–H and O–H groups in total. The minimum atomic E-state index is -4.53. The number of aromatic nitrogens is 2. The highest BCUT2D eigenvalue weighted by molar-refractivity contribution is 5.43. The van der Waals surface area contributed by atoms with Crippen LogP contribution in [0.5, 0.6) is 0 Å². The predicted molar refractivity (Wildman–Crippen MR) is 70.2 cm³/mol. The molecule has 1 fully saturated rings. The van der Waals surface area contributed by atoms with Crippen LogP contribution in [0.3, 0.4) is 0 Å². The number of alkyl halides is 3. The quantitative estimate of drug-likeness (QED) is 0.864. The van der Waals surface area contributed by atoms with E-state index in [0.717, 1.165) is 6.07 Å². The van der Waals surface area contributed by atoms with E-state index < -0.39 is 17.5 Å². The standard InChI is InChI=1S/C12H17F3N4O2/c1-16-10-18-8(12(13,14)15)5-9(19-10)17-6-11(20-2)3-4-21-7-11/h5H,3-4,6-7H2,1-2H3,(H2,16,17,18,19). The van der Waals surface area contributed by atoms with Crippen molar-refractivity contribution in [2.45, 2.75) is 18.2 Å². The summed E-state index contributed by atoms with van der Waals surface area (Å²) < 4.78 is 49.0. The molecule has 1 unspecified atom stereocenters. The van der Waals surface area contributed by atoms with Gasteiger partial charge in [-0.05, 0) is 0 Å². The molecule has 0 aliphatic carbocycles. The number of nitrogens with zero attached hydrogens (tertiary/aromatic N) is 2. The molecule has 1 aromatic heterocycles. The highest BCUT2D eigenvalue weighted by Gasteiger charge is 2.36. The molecule has 0 aromatic carbocycles. The second-order valence-electron chi connectivity index (χ2n) is 4.75. The molecule has 21 heavy (non-hydrogen) atoms. The summed E-state index contributed by atoms with van der Waals surface area (Å²) in [5.41, 5.74) is -1.54. The van der Waals surface area contributed by atoms with Gasteiger partial charge in [0.25, 0.3) is 0 Å². The molecule has 118 valence electrons. The van der Waals surface area contributed by atoms with Crippen LogP contribution in [-0.4, -0.2) is 49.5 Å². The zero-order valence-electron chi connectivity index (χ0n) is 11.8. The summed E-state index contributed by atoms with van der Waals surface area (Å²) in [6.45, 7) is 1.27. The second-order valence-corrected chi connectivity index (χ2v) is 4.75. The van der Waals surface area contributed by atoms with E-state index in [1.165, 1.54) is 7.05 Å². The Hall–Kier alpha value is -1.61. The molecule has 0 bridgehead atoms. The van der Waals surface area contributed by atoms with E-state index in [-0.39, 0.29) is 11.8 Å². The van der Waals surface area contributed by atoms with Crippen LogP contribution >= 0.6 is 0 Å². The maximum absolute atomic E-state index is 12.8. The van der Waals surface area contributed by atoms with Gasteiger partial charge >= 0.3 is 6.18 Å². The summed E-state index contributed by atoms with van der Waals surface area (Å²) in [6, 6.07) is 0.875. The first kappa shape index (κ1) is 15.8. The summed E-state index contributed by atoms with van der Waals surface area (Å²) in [4.78, 5) is 7.36. The molecule has 1 saturated heterocycles. The molecule has 0 spiro atoms. The Morgan fingerprint density at radius 2 is 2.19 bits per heavy atom. The normalized spacial score (nSPS) is 22.3. The van der Waals surface area contributed by atoms with Crippen molar-refractivity contribution < 1.29 is 22.6 Å². The van der Waals surface area contributed by atoms with E-state index in [0.29, 0.717) is 26.2 Å². The van der Waals surface area contributed by atoms with Gasteiger partial charge in [-0.2, -0.15) is 18.2 Å². The molecule has 0 radical (unpaired) electrons. The van der Waals surface area contributed by atoms with Gasteiger partial charge in [0, 0.05) is 39.8 Å². The van der Waals surface area contributed by atoms with Gasteiger partial charge in [-0.3, -0.25) is 0 Å². The molecule has 1 atom stereocenters. The topological polar surface area (TPSA) is 68.3 Å². The van der Waals surface area contributed by atoms with Crippen LogP contribution in [0, 0.1) is 0 Å². The van der Waals surface area contributed by atoms with Crippen molar-refractivity contribution in [1.82, 2.24) is 9.97 Å². The Balaban J connectivity index is 2.15. The van der Waals surface area contributed by atoms with Crippen molar-refractivity contribution >= 4 is 11.8 Å². The number of methoxy groups -OCH3 is 1. The lowest BCUT2D eigenvalue weighted by molar-refractivity contribution is -0.141. The Morgan fingerprint density at radius 1 is 1.43 bits per heavy atom. The fourth-order valence-electron chi connectivity index (χ4n) is 2.01. The Labute approximate surface area is 120 Å². The molecular formula is C12H17F3N4O2. The van der Waals surface area contributed by atoms with E-state index in [9.17, 15) is 13.2 Å². The van der Waals surface area contributed by atoms with Crippen molar-refractivity contribution in [3.05, 3.63) is 11.8 Å². The van der Waals surface area contributed by atoms with Crippen molar-refractivity contribution in [1.29, 1.82) is 0 Å². The third-order valence-corrected chi connectivity index (χ3v) is 3.33. The fourth-order valence-corrected chi connectivity index (χ4v) is 2.01. The zero-order chi connectivity index (χ0) is 15.5. The van der Waals surface area contributed by atoms with Gasteiger partial charge in [0.05, 0.1) is 6.61 Å². The molecule has 6 nitrogen and oxygen atoms in total. The SMILES string of the molecule is CNc1nc(NCC2(OC)CCOC2)cc(C(F)(F)F)n1. The lowest BCUT2D eigenvalue weighted by atomic mass is 10.0. The molecular weight excluding hydrogens is 289 g/mol. The van der Waals surface area contributed by atoms with Crippen molar-refractivity contribution in [2.24, 2.45) is 0 Å². The second kappa shape index (κ2) is 6.02. The molecule has 1 aromatic rings. The van der Waals surface area contributed by atoms with E-state index in [1.807, 2.05) is 0 Å². The largest absolute Gasteiger partial charge is 0.433 e. The number of halogens is 3. The van der Waals surface area contributed by atoms with E-state index in [2.05, 4.69) is 20.6 Å².